The van der Waals surface area contributed by atoms with Crippen LogP contribution < -0.4 is 5.32 Å². The highest BCUT2D eigenvalue weighted by molar-refractivity contribution is 7.17. The van der Waals surface area contributed by atoms with E-state index in [1.54, 1.807) is 17.5 Å². The van der Waals surface area contributed by atoms with E-state index >= 15 is 0 Å². The molecule has 5 heteroatoms. The monoisotopic (exact) mass is 270 g/mol. The van der Waals surface area contributed by atoms with Crippen LogP contribution in [0.15, 0.2) is 36.0 Å². The fourth-order valence-corrected chi connectivity index (χ4v) is 2.64. The number of nitrogens with one attached hydrogen (secondary N) is 1. The molecule has 0 aromatic carbocycles. The predicted molar refractivity (Wildman–Crippen MR) is 78.0 cm³/mol. The van der Waals surface area contributed by atoms with Gasteiger partial charge in [0.2, 0.25) is 0 Å². The molecule has 0 aliphatic heterocycles. The Bertz CT molecular complexity index is 692. The van der Waals surface area contributed by atoms with Gasteiger partial charge in [0.15, 0.2) is 5.82 Å². The van der Waals surface area contributed by atoms with Gasteiger partial charge in [-0.1, -0.05) is 6.92 Å². The number of thiophene rings is 1. The number of nitrogens with zero attached hydrogens (tertiary/aromatic N) is 3. The molecule has 0 radical (unpaired) electrons. The second kappa shape index (κ2) is 5.42. The first kappa shape index (κ1) is 12.2. The summed E-state index contributed by atoms with van der Waals surface area (Å²) in [7, 11) is 0. The van der Waals surface area contributed by atoms with Crippen molar-refractivity contribution in [3.63, 3.8) is 0 Å². The lowest BCUT2D eigenvalue weighted by Crippen LogP contribution is -2.13. The van der Waals surface area contributed by atoms with Crippen molar-refractivity contribution in [1.29, 1.82) is 0 Å². The molecule has 3 aromatic heterocycles. The van der Waals surface area contributed by atoms with Crippen molar-refractivity contribution in [2.24, 2.45) is 0 Å². The Kier molecular flexibility index (Phi) is 3.48. The van der Waals surface area contributed by atoms with E-state index in [2.05, 4.69) is 33.3 Å². The van der Waals surface area contributed by atoms with E-state index in [0.29, 0.717) is 0 Å². The molecule has 96 valence electrons. The van der Waals surface area contributed by atoms with E-state index in [-0.39, 0.29) is 0 Å². The van der Waals surface area contributed by atoms with E-state index < -0.39 is 0 Å². The van der Waals surface area contributed by atoms with Crippen LogP contribution in [0.5, 0.6) is 0 Å². The number of hydrogen-bond acceptors (Lipinski definition) is 5. The lowest BCUT2D eigenvalue weighted by Gasteiger charge is -2.04. The molecule has 0 bridgehead atoms. The Morgan fingerprint density at radius 3 is 3.11 bits per heavy atom. The molecule has 0 unspecified atom stereocenters. The molecule has 3 heterocycles. The predicted octanol–water partition coefficient (Wildman–Crippen LogP) is 2.86. The van der Waals surface area contributed by atoms with E-state index in [9.17, 15) is 0 Å². The molecule has 0 fully saturated rings. The van der Waals surface area contributed by atoms with Crippen molar-refractivity contribution in [1.82, 2.24) is 20.3 Å². The van der Waals surface area contributed by atoms with Gasteiger partial charge in [0.1, 0.15) is 0 Å². The fourth-order valence-electron chi connectivity index (χ4n) is 1.86. The van der Waals surface area contributed by atoms with Gasteiger partial charge in [-0.3, -0.25) is 4.98 Å². The normalized spacial score (nSPS) is 11.0. The minimum absolute atomic E-state index is 0.734. The molecule has 0 aliphatic carbocycles. The third-order valence-electron chi connectivity index (χ3n) is 2.83. The highest BCUT2D eigenvalue weighted by atomic mass is 32.1. The topological polar surface area (TPSA) is 50.7 Å². The molecular weight excluding hydrogens is 256 g/mol. The average molecular weight is 270 g/mol. The summed E-state index contributed by atoms with van der Waals surface area (Å²) in [5.74, 6) is 0.734. The SMILES string of the molecule is CCNCc1ccnc(-c2cnc3ccsc3c2)n1. The minimum Gasteiger partial charge on any atom is -0.311 e. The molecule has 1 N–H and O–H groups in total. The van der Waals surface area contributed by atoms with Gasteiger partial charge in [-0.05, 0) is 30.1 Å². The first-order valence-electron chi connectivity index (χ1n) is 6.23. The molecule has 0 spiro atoms. The number of hydrogen-bond donors (Lipinski definition) is 1. The number of pyridine rings is 1. The van der Waals surface area contributed by atoms with Crippen LogP contribution in [0, 0.1) is 0 Å². The first-order chi connectivity index (χ1) is 9.36. The van der Waals surface area contributed by atoms with Crippen molar-refractivity contribution in [2.75, 3.05) is 6.54 Å². The van der Waals surface area contributed by atoms with Gasteiger partial charge in [-0.2, -0.15) is 0 Å². The van der Waals surface area contributed by atoms with Crippen molar-refractivity contribution in [2.45, 2.75) is 13.5 Å². The van der Waals surface area contributed by atoms with Crippen LogP contribution in [0.3, 0.4) is 0 Å². The third kappa shape index (κ3) is 2.62. The van der Waals surface area contributed by atoms with Crippen molar-refractivity contribution in [3.8, 4) is 11.4 Å². The van der Waals surface area contributed by atoms with Gasteiger partial charge >= 0.3 is 0 Å². The van der Waals surface area contributed by atoms with Gasteiger partial charge in [0.05, 0.1) is 15.9 Å². The number of aromatic nitrogens is 3. The first-order valence-corrected chi connectivity index (χ1v) is 7.11. The van der Waals surface area contributed by atoms with Crippen LogP contribution in [-0.2, 0) is 6.54 Å². The van der Waals surface area contributed by atoms with E-state index in [1.165, 1.54) is 0 Å². The fraction of sp³-hybridized carbons (Fsp3) is 0.214. The van der Waals surface area contributed by atoms with E-state index in [1.807, 2.05) is 23.7 Å². The zero-order valence-corrected chi connectivity index (χ0v) is 11.4. The van der Waals surface area contributed by atoms with Gasteiger partial charge in [0, 0.05) is 24.5 Å². The Balaban J connectivity index is 1.95. The lowest BCUT2D eigenvalue weighted by atomic mass is 10.2. The smallest absolute Gasteiger partial charge is 0.161 e. The Hall–Kier alpha value is -1.85. The van der Waals surface area contributed by atoms with Crippen LogP contribution >= 0.6 is 11.3 Å². The summed E-state index contributed by atoms with van der Waals surface area (Å²) in [4.78, 5) is 13.3. The lowest BCUT2D eigenvalue weighted by molar-refractivity contribution is 0.709. The molecule has 4 nitrogen and oxygen atoms in total. The maximum absolute atomic E-state index is 4.56. The molecule has 0 amide bonds. The number of rotatable bonds is 4. The summed E-state index contributed by atoms with van der Waals surface area (Å²) in [5.41, 5.74) is 2.99. The summed E-state index contributed by atoms with van der Waals surface area (Å²) in [6.07, 6.45) is 3.63. The van der Waals surface area contributed by atoms with Crippen LogP contribution in [0.1, 0.15) is 12.6 Å². The molecular formula is C14H14N4S. The molecule has 0 aliphatic rings. The minimum atomic E-state index is 0.734. The van der Waals surface area contributed by atoms with Gasteiger partial charge in [0.25, 0.3) is 0 Å². The Labute approximate surface area is 115 Å². The third-order valence-corrected chi connectivity index (χ3v) is 3.68. The standard InChI is InChI=1S/C14H14N4S/c1-2-15-9-11-3-5-16-14(18-11)10-7-13-12(17-8-10)4-6-19-13/h3-8,15H,2,9H2,1H3. The van der Waals surface area contributed by atoms with Crippen molar-refractivity contribution >= 4 is 21.6 Å². The molecule has 19 heavy (non-hydrogen) atoms. The number of fused-ring (bicyclic) bond motifs is 1. The highest BCUT2D eigenvalue weighted by Crippen LogP contribution is 2.23. The summed E-state index contributed by atoms with van der Waals surface area (Å²) in [6, 6.07) is 6.05. The zero-order chi connectivity index (χ0) is 13.1. The van der Waals surface area contributed by atoms with Crippen molar-refractivity contribution < 1.29 is 0 Å². The molecule has 3 aromatic rings. The molecule has 3 rings (SSSR count). The summed E-state index contributed by atoms with van der Waals surface area (Å²) < 4.78 is 1.16. The second-order valence-corrected chi connectivity index (χ2v) is 5.13. The summed E-state index contributed by atoms with van der Waals surface area (Å²) in [6.45, 7) is 3.78. The van der Waals surface area contributed by atoms with Gasteiger partial charge in [-0.15, -0.1) is 11.3 Å². The zero-order valence-electron chi connectivity index (χ0n) is 10.6. The van der Waals surface area contributed by atoms with Crippen LogP contribution in [0.25, 0.3) is 21.6 Å². The Morgan fingerprint density at radius 2 is 2.21 bits per heavy atom. The van der Waals surface area contributed by atoms with Crippen LogP contribution in [0.2, 0.25) is 0 Å². The van der Waals surface area contributed by atoms with Gasteiger partial charge < -0.3 is 5.32 Å². The maximum atomic E-state index is 4.56. The van der Waals surface area contributed by atoms with Crippen molar-refractivity contribution in [3.05, 3.63) is 41.7 Å². The van der Waals surface area contributed by atoms with E-state index in [0.717, 1.165) is 40.4 Å². The quantitative estimate of drug-likeness (QED) is 0.792. The largest absolute Gasteiger partial charge is 0.311 e. The molecule has 0 saturated carbocycles. The summed E-state index contributed by atoms with van der Waals surface area (Å²) in [5, 5.41) is 5.31. The second-order valence-electron chi connectivity index (χ2n) is 4.18. The maximum Gasteiger partial charge on any atom is 0.161 e. The van der Waals surface area contributed by atoms with Crippen LogP contribution in [-0.4, -0.2) is 21.5 Å². The average Bonchev–Trinajstić information content (AvgIpc) is 2.92. The van der Waals surface area contributed by atoms with E-state index in [4.69, 9.17) is 0 Å². The molecule has 0 atom stereocenters. The highest BCUT2D eigenvalue weighted by Gasteiger charge is 2.05. The van der Waals surface area contributed by atoms with Crippen LogP contribution in [0.4, 0.5) is 0 Å². The van der Waals surface area contributed by atoms with Gasteiger partial charge in [-0.25, -0.2) is 9.97 Å². The summed E-state index contributed by atoms with van der Waals surface area (Å²) >= 11 is 1.68. The molecule has 0 saturated heterocycles. The Morgan fingerprint density at radius 1 is 1.26 bits per heavy atom.